The van der Waals surface area contributed by atoms with Gasteiger partial charge in [0, 0.05) is 19.6 Å². The van der Waals surface area contributed by atoms with Crippen molar-refractivity contribution in [2.75, 3.05) is 6.61 Å². The fourth-order valence-corrected chi connectivity index (χ4v) is 3.34. The third kappa shape index (κ3) is 2.57. The van der Waals surface area contributed by atoms with Gasteiger partial charge < -0.3 is 9.30 Å². The predicted octanol–water partition coefficient (Wildman–Crippen LogP) is 2.00. The highest BCUT2D eigenvalue weighted by atomic mass is 16.5. The molecular formula is C16H24N4O. The molecule has 1 aliphatic rings. The minimum absolute atomic E-state index is 0.0714. The van der Waals surface area contributed by atoms with E-state index in [1.165, 1.54) is 5.52 Å². The first-order valence-corrected chi connectivity index (χ1v) is 7.72. The minimum atomic E-state index is -0.203. The van der Waals surface area contributed by atoms with E-state index in [1.54, 1.807) is 0 Å². The molecule has 3 N–H and O–H groups in total. The Morgan fingerprint density at radius 2 is 2.29 bits per heavy atom. The number of nitrogens with one attached hydrogen (secondary N) is 1. The van der Waals surface area contributed by atoms with Crippen LogP contribution in [0.3, 0.4) is 0 Å². The minimum Gasteiger partial charge on any atom is -0.374 e. The van der Waals surface area contributed by atoms with E-state index in [2.05, 4.69) is 42.0 Å². The number of para-hydroxylation sites is 2. The Bertz CT molecular complexity index is 616. The van der Waals surface area contributed by atoms with Crippen molar-refractivity contribution in [3.63, 3.8) is 0 Å². The molecule has 1 saturated heterocycles. The van der Waals surface area contributed by atoms with Crippen molar-refractivity contribution in [1.82, 2.24) is 15.0 Å². The molecule has 3 rings (SSSR count). The van der Waals surface area contributed by atoms with Gasteiger partial charge in [0.2, 0.25) is 0 Å². The van der Waals surface area contributed by atoms with Crippen LogP contribution in [0, 0.1) is 0 Å². The summed E-state index contributed by atoms with van der Waals surface area (Å²) >= 11 is 0. The third-order valence-electron chi connectivity index (χ3n) is 4.62. The Balaban J connectivity index is 1.92. The van der Waals surface area contributed by atoms with Crippen LogP contribution in [0.2, 0.25) is 0 Å². The number of benzene rings is 1. The number of hydrogen-bond acceptors (Lipinski definition) is 4. The molecule has 0 aliphatic carbocycles. The lowest BCUT2D eigenvalue weighted by atomic mass is 9.91. The molecule has 114 valence electrons. The summed E-state index contributed by atoms with van der Waals surface area (Å²) < 4.78 is 8.20. The predicted molar refractivity (Wildman–Crippen MR) is 83.8 cm³/mol. The third-order valence-corrected chi connectivity index (χ3v) is 4.62. The largest absolute Gasteiger partial charge is 0.374 e. The van der Waals surface area contributed by atoms with Gasteiger partial charge in [-0.05, 0) is 38.8 Å². The summed E-state index contributed by atoms with van der Waals surface area (Å²) in [6.45, 7) is 6.02. The second-order valence-corrected chi connectivity index (χ2v) is 5.95. The lowest BCUT2D eigenvalue weighted by Crippen LogP contribution is -2.52. The summed E-state index contributed by atoms with van der Waals surface area (Å²) in [5, 5.41) is 0. The molecule has 0 amide bonds. The molecular weight excluding hydrogens is 264 g/mol. The highest BCUT2D eigenvalue weighted by Crippen LogP contribution is 2.30. The number of ether oxygens (including phenoxy) is 1. The molecule has 1 aromatic carbocycles. The molecule has 2 heterocycles. The second-order valence-electron chi connectivity index (χ2n) is 5.95. The molecule has 5 heteroatoms. The van der Waals surface area contributed by atoms with E-state index in [-0.39, 0.29) is 11.6 Å². The Labute approximate surface area is 125 Å². The molecule has 0 spiro atoms. The first-order valence-electron chi connectivity index (χ1n) is 7.72. The molecule has 0 bridgehead atoms. The quantitative estimate of drug-likeness (QED) is 0.652. The lowest BCUT2D eigenvalue weighted by molar-refractivity contribution is -0.0121. The van der Waals surface area contributed by atoms with Gasteiger partial charge in [0.15, 0.2) is 0 Å². The van der Waals surface area contributed by atoms with Crippen LogP contribution in [0.5, 0.6) is 0 Å². The summed E-state index contributed by atoms with van der Waals surface area (Å²) in [5.41, 5.74) is 4.98. The Hall–Kier alpha value is -1.43. The molecule has 0 saturated carbocycles. The average Bonchev–Trinajstić information content (AvgIpc) is 3.08. The van der Waals surface area contributed by atoms with E-state index in [0.29, 0.717) is 0 Å². The maximum Gasteiger partial charge on any atom is 0.111 e. The number of aryl methyl sites for hydroxylation is 1. The van der Waals surface area contributed by atoms with E-state index in [1.807, 2.05) is 6.07 Å². The van der Waals surface area contributed by atoms with E-state index in [0.717, 1.165) is 43.8 Å². The molecule has 1 fully saturated rings. The van der Waals surface area contributed by atoms with Gasteiger partial charge in [-0.3, -0.25) is 11.3 Å². The molecule has 5 nitrogen and oxygen atoms in total. The summed E-state index contributed by atoms with van der Waals surface area (Å²) in [4.78, 5) is 4.79. The van der Waals surface area contributed by atoms with E-state index in [9.17, 15) is 0 Å². The number of fused-ring (bicyclic) bond motifs is 1. The van der Waals surface area contributed by atoms with Crippen LogP contribution in [0.1, 0.15) is 32.5 Å². The zero-order valence-corrected chi connectivity index (χ0v) is 12.8. The van der Waals surface area contributed by atoms with Gasteiger partial charge in [-0.2, -0.15) is 0 Å². The number of imidazole rings is 1. The zero-order valence-electron chi connectivity index (χ0n) is 12.8. The van der Waals surface area contributed by atoms with Crippen molar-refractivity contribution in [2.24, 2.45) is 5.84 Å². The average molecular weight is 288 g/mol. The van der Waals surface area contributed by atoms with Gasteiger partial charge in [0.1, 0.15) is 5.82 Å². The maximum absolute atomic E-state index is 5.93. The van der Waals surface area contributed by atoms with Crippen LogP contribution >= 0.6 is 0 Å². The van der Waals surface area contributed by atoms with E-state index >= 15 is 0 Å². The highest BCUT2D eigenvalue weighted by molar-refractivity contribution is 5.75. The molecule has 21 heavy (non-hydrogen) atoms. The second kappa shape index (κ2) is 5.75. The zero-order chi connectivity index (χ0) is 14.9. The number of nitrogens with two attached hydrogens (primary N) is 1. The Morgan fingerprint density at radius 3 is 2.95 bits per heavy atom. The van der Waals surface area contributed by atoms with Crippen molar-refractivity contribution in [3.8, 4) is 0 Å². The van der Waals surface area contributed by atoms with Gasteiger partial charge >= 0.3 is 0 Å². The van der Waals surface area contributed by atoms with Gasteiger partial charge in [-0.1, -0.05) is 12.1 Å². The first kappa shape index (κ1) is 14.5. The molecule has 2 aromatic rings. The smallest absolute Gasteiger partial charge is 0.111 e. The molecule has 1 aliphatic heterocycles. The molecule has 2 atom stereocenters. The van der Waals surface area contributed by atoms with Crippen LogP contribution in [0.4, 0.5) is 0 Å². The maximum atomic E-state index is 5.93. The van der Waals surface area contributed by atoms with Gasteiger partial charge in [-0.15, -0.1) is 0 Å². The molecule has 2 unspecified atom stereocenters. The van der Waals surface area contributed by atoms with Gasteiger partial charge in [0.25, 0.3) is 0 Å². The summed E-state index contributed by atoms with van der Waals surface area (Å²) in [6, 6.07) is 8.33. The van der Waals surface area contributed by atoms with Gasteiger partial charge in [0.05, 0.1) is 22.7 Å². The van der Waals surface area contributed by atoms with Crippen molar-refractivity contribution < 1.29 is 4.74 Å². The fraction of sp³-hybridized carbons (Fsp3) is 0.562. The number of hydrazine groups is 1. The normalized spacial score (nSPS) is 23.8. The lowest BCUT2D eigenvalue weighted by Gasteiger charge is -2.32. The van der Waals surface area contributed by atoms with Crippen LogP contribution in [-0.4, -0.2) is 27.8 Å². The Kier molecular flexibility index (Phi) is 3.97. The summed E-state index contributed by atoms with van der Waals surface area (Å²) in [6.07, 6.45) is 2.91. The SMILES string of the molecule is CCn1c(CC(NN)C2(C)CCCO2)nc2ccccc21. The topological polar surface area (TPSA) is 65.1 Å². The van der Waals surface area contributed by atoms with Crippen LogP contribution in [0.25, 0.3) is 11.0 Å². The molecule has 1 aromatic heterocycles. The number of nitrogens with zero attached hydrogens (tertiary/aromatic N) is 2. The highest BCUT2D eigenvalue weighted by Gasteiger charge is 2.38. The standard InChI is InChI=1S/C16H24N4O/c1-3-20-13-8-5-4-7-12(13)18-15(20)11-14(19-17)16(2)9-6-10-21-16/h4-5,7-8,14,19H,3,6,9-11,17H2,1-2H3. The van der Waals surface area contributed by atoms with E-state index < -0.39 is 0 Å². The van der Waals surface area contributed by atoms with Crippen LogP contribution in [-0.2, 0) is 17.7 Å². The van der Waals surface area contributed by atoms with Crippen LogP contribution in [0.15, 0.2) is 24.3 Å². The van der Waals surface area contributed by atoms with Gasteiger partial charge in [-0.25, -0.2) is 4.98 Å². The monoisotopic (exact) mass is 288 g/mol. The van der Waals surface area contributed by atoms with Crippen molar-refractivity contribution in [3.05, 3.63) is 30.1 Å². The Morgan fingerprint density at radius 1 is 1.48 bits per heavy atom. The van der Waals surface area contributed by atoms with E-state index in [4.69, 9.17) is 15.6 Å². The number of aromatic nitrogens is 2. The summed E-state index contributed by atoms with van der Waals surface area (Å²) in [7, 11) is 0. The first-order chi connectivity index (χ1) is 10.2. The van der Waals surface area contributed by atoms with Crippen molar-refractivity contribution in [1.29, 1.82) is 0 Å². The van der Waals surface area contributed by atoms with Crippen LogP contribution < -0.4 is 11.3 Å². The summed E-state index contributed by atoms with van der Waals surface area (Å²) in [5.74, 6) is 6.87. The van der Waals surface area contributed by atoms with Crippen molar-refractivity contribution >= 4 is 11.0 Å². The van der Waals surface area contributed by atoms with Crippen molar-refractivity contribution in [2.45, 2.75) is 51.3 Å². The fourth-order valence-electron chi connectivity index (χ4n) is 3.34. The number of rotatable bonds is 5. The molecule has 0 radical (unpaired) electrons. The number of hydrogen-bond donors (Lipinski definition) is 2.